The zero-order valence-corrected chi connectivity index (χ0v) is 11.2. The van der Waals surface area contributed by atoms with Crippen molar-refractivity contribution in [2.45, 2.75) is 6.54 Å². The zero-order valence-electron chi connectivity index (χ0n) is 10.4. The van der Waals surface area contributed by atoms with Crippen LogP contribution in [-0.2, 0) is 13.6 Å². The van der Waals surface area contributed by atoms with Crippen molar-refractivity contribution < 1.29 is 14.7 Å². The number of carbonyl (C=O) groups is 2. The Balaban J connectivity index is 2.10. The summed E-state index contributed by atoms with van der Waals surface area (Å²) in [7, 11) is 3.46. The molecule has 0 saturated carbocycles. The molecule has 19 heavy (non-hydrogen) atoms. The summed E-state index contributed by atoms with van der Waals surface area (Å²) in [5.41, 5.74) is -0.112. The summed E-state index contributed by atoms with van der Waals surface area (Å²) in [4.78, 5) is 32.1. The zero-order chi connectivity index (χ0) is 14.0. The first-order chi connectivity index (χ1) is 8.99. The Morgan fingerprint density at radius 3 is 2.79 bits per heavy atom. The quantitative estimate of drug-likeness (QED) is 0.896. The van der Waals surface area contributed by atoms with Crippen molar-refractivity contribution in [2.75, 3.05) is 7.05 Å². The van der Waals surface area contributed by atoms with Gasteiger partial charge in [-0.05, 0) is 0 Å². The molecule has 2 heterocycles. The van der Waals surface area contributed by atoms with Crippen LogP contribution in [0.15, 0.2) is 17.8 Å². The molecule has 0 spiro atoms. The standard InChI is InChI=1S/C11H12N4O3S/c1-14-4-3-12-8(14)5-15(2)10(16)9-13-7(6-19-9)11(17)18/h3-4,6H,5H2,1-2H3,(H,17,18). The van der Waals surface area contributed by atoms with Crippen molar-refractivity contribution in [1.29, 1.82) is 0 Å². The molecular formula is C11H12N4O3S. The topological polar surface area (TPSA) is 88.3 Å². The number of thiazole rings is 1. The van der Waals surface area contributed by atoms with Gasteiger partial charge in [-0.15, -0.1) is 11.3 Å². The fourth-order valence-corrected chi connectivity index (χ4v) is 2.25. The van der Waals surface area contributed by atoms with Gasteiger partial charge in [0.2, 0.25) is 0 Å². The van der Waals surface area contributed by atoms with Crippen LogP contribution in [0.3, 0.4) is 0 Å². The van der Waals surface area contributed by atoms with Gasteiger partial charge in [-0.1, -0.05) is 0 Å². The lowest BCUT2D eigenvalue weighted by Crippen LogP contribution is -2.27. The van der Waals surface area contributed by atoms with Crippen LogP contribution in [0.1, 0.15) is 26.1 Å². The molecule has 0 aliphatic carbocycles. The van der Waals surface area contributed by atoms with E-state index in [4.69, 9.17) is 5.11 Å². The van der Waals surface area contributed by atoms with Gasteiger partial charge < -0.3 is 14.6 Å². The second-order valence-corrected chi connectivity index (χ2v) is 4.82. The lowest BCUT2D eigenvalue weighted by atomic mass is 10.4. The third kappa shape index (κ3) is 2.79. The Hall–Kier alpha value is -2.22. The molecule has 0 atom stereocenters. The summed E-state index contributed by atoms with van der Waals surface area (Å²) in [6.07, 6.45) is 3.44. The number of carboxylic acid groups (broad SMARTS) is 1. The summed E-state index contributed by atoms with van der Waals surface area (Å²) in [6, 6.07) is 0. The molecule has 0 bridgehead atoms. The van der Waals surface area contributed by atoms with Gasteiger partial charge in [0.25, 0.3) is 5.91 Å². The summed E-state index contributed by atoms with van der Waals surface area (Å²) >= 11 is 1.02. The Morgan fingerprint density at radius 2 is 2.26 bits per heavy atom. The van der Waals surface area contributed by atoms with Crippen molar-refractivity contribution in [2.24, 2.45) is 7.05 Å². The van der Waals surface area contributed by atoms with Crippen LogP contribution in [0.25, 0.3) is 0 Å². The summed E-state index contributed by atoms with van der Waals surface area (Å²) in [6.45, 7) is 0.338. The average molecular weight is 280 g/mol. The molecule has 2 aromatic rings. The Bertz CT molecular complexity index is 619. The fourth-order valence-electron chi connectivity index (χ4n) is 1.47. The van der Waals surface area contributed by atoms with Crippen LogP contribution in [-0.4, -0.2) is 43.5 Å². The average Bonchev–Trinajstić information content (AvgIpc) is 2.98. The molecule has 0 aliphatic rings. The maximum Gasteiger partial charge on any atom is 0.355 e. The maximum atomic E-state index is 12.1. The number of hydrogen-bond acceptors (Lipinski definition) is 5. The van der Waals surface area contributed by atoms with E-state index in [0.29, 0.717) is 6.54 Å². The minimum absolute atomic E-state index is 0.112. The molecule has 0 unspecified atom stereocenters. The first-order valence-corrected chi connectivity index (χ1v) is 6.27. The van der Waals surface area contributed by atoms with Crippen molar-refractivity contribution >= 4 is 23.2 Å². The van der Waals surface area contributed by atoms with E-state index in [1.165, 1.54) is 10.3 Å². The van der Waals surface area contributed by atoms with E-state index in [0.717, 1.165) is 17.2 Å². The molecule has 7 nitrogen and oxygen atoms in total. The molecule has 1 amide bonds. The van der Waals surface area contributed by atoms with Crippen LogP contribution < -0.4 is 0 Å². The van der Waals surface area contributed by atoms with Crippen molar-refractivity contribution in [3.8, 4) is 0 Å². The molecule has 0 saturated heterocycles. The van der Waals surface area contributed by atoms with Gasteiger partial charge in [0.05, 0.1) is 6.54 Å². The minimum Gasteiger partial charge on any atom is -0.476 e. The number of aromatic nitrogens is 3. The highest BCUT2D eigenvalue weighted by molar-refractivity contribution is 7.11. The highest BCUT2D eigenvalue weighted by Crippen LogP contribution is 2.13. The number of aromatic carboxylic acids is 1. The molecule has 2 rings (SSSR count). The van der Waals surface area contributed by atoms with Crippen LogP contribution in [0.2, 0.25) is 0 Å². The van der Waals surface area contributed by atoms with Crippen LogP contribution in [0, 0.1) is 0 Å². The summed E-state index contributed by atoms with van der Waals surface area (Å²) in [5, 5.41) is 10.3. The Kier molecular flexibility index (Phi) is 3.61. The van der Waals surface area contributed by atoms with E-state index in [1.54, 1.807) is 19.4 Å². The number of nitrogens with zero attached hydrogens (tertiary/aromatic N) is 4. The number of imidazole rings is 1. The van der Waals surface area contributed by atoms with Gasteiger partial charge >= 0.3 is 5.97 Å². The normalized spacial score (nSPS) is 10.4. The molecular weight excluding hydrogens is 268 g/mol. The lowest BCUT2D eigenvalue weighted by Gasteiger charge is -2.15. The molecule has 0 fully saturated rings. The Morgan fingerprint density at radius 1 is 1.53 bits per heavy atom. The second-order valence-electron chi connectivity index (χ2n) is 3.96. The maximum absolute atomic E-state index is 12.1. The predicted octanol–water partition coefficient (Wildman–Crippen LogP) is 0.847. The number of carboxylic acids is 1. The Labute approximate surface area is 113 Å². The first kappa shape index (κ1) is 13.2. The van der Waals surface area contributed by atoms with E-state index in [2.05, 4.69) is 9.97 Å². The van der Waals surface area contributed by atoms with Crippen LogP contribution in [0.4, 0.5) is 0 Å². The van der Waals surface area contributed by atoms with Gasteiger partial charge in [-0.3, -0.25) is 4.79 Å². The van der Waals surface area contributed by atoms with E-state index in [1.807, 2.05) is 11.6 Å². The molecule has 0 aliphatic heterocycles. The SMILES string of the molecule is CN(Cc1nccn1C)C(=O)c1nc(C(=O)O)cs1. The predicted molar refractivity (Wildman–Crippen MR) is 68.1 cm³/mol. The fraction of sp³-hybridized carbons (Fsp3) is 0.273. The summed E-state index contributed by atoms with van der Waals surface area (Å²) < 4.78 is 1.81. The largest absolute Gasteiger partial charge is 0.476 e. The van der Waals surface area contributed by atoms with Crippen molar-refractivity contribution in [3.05, 3.63) is 34.3 Å². The monoisotopic (exact) mass is 280 g/mol. The third-order valence-electron chi connectivity index (χ3n) is 2.55. The molecule has 0 aromatic carbocycles. The molecule has 100 valence electrons. The van der Waals surface area contributed by atoms with E-state index in [-0.39, 0.29) is 16.6 Å². The number of aryl methyl sites for hydroxylation is 1. The molecule has 0 radical (unpaired) electrons. The number of amides is 1. The lowest BCUT2D eigenvalue weighted by molar-refractivity contribution is 0.0691. The molecule has 1 N–H and O–H groups in total. The number of hydrogen-bond donors (Lipinski definition) is 1. The second kappa shape index (κ2) is 5.19. The van der Waals surface area contributed by atoms with Gasteiger partial charge in [0.15, 0.2) is 10.7 Å². The highest BCUT2D eigenvalue weighted by Gasteiger charge is 2.19. The molecule has 8 heteroatoms. The van der Waals surface area contributed by atoms with Gasteiger partial charge in [-0.2, -0.15) is 0 Å². The van der Waals surface area contributed by atoms with E-state index in [9.17, 15) is 9.59 Å². The van der Waals surface area contributed by atoms with Crippen molar-refractivity contribution in [1.82, 2.24) is 19.4 Å². The van der Waals surface area contributed by atoms with E-state index < -0.39 is 5.97 Å². The highest BCUT2D eigenvalue weighted by atomic mass is 32.1. The van der Waals surface area contributed by atoms with Crippen LogP contribution in [0.5, 0.6) is 0 Å². The van der Waals surface area contributed by atoms with E-state index >= 15 is 0 Å². The first-order valence-electron chi connectivity index (χ1n) is 5.39. The summed E-state index contributed by atoms with van der Waals surface area (Å²) in [5.74, 6) is -0.714. The molecule has 2 aromatic heterocycles. The number of carbonyl (C=O) groups excluding carboxylic acids is 1. The minimum atomic E-state index is -1.14. The number of rotatable bonds is 4. The smallest absolute Gasteiger partial charge is 0.355 e. The van der Waals surface area contributed by atoms with Crippen molar-refractivity contribution in [3.63, 3.8) is 0 Å². The van der Waals surface area contributed by atoms with Crippen LogP contribution >= 0.6 is 11.3 Å². The van der Waals surface area contributed by atoms with Gasteiger partial charge in [-0.25, -0.2) is 14.8 Å². The van der Waals surface area contributed by atoms with Gasteiger partial charge in [0, 0.05) is 31.9 Å². The third-order valence-corrected chi connectivity index (χ3v) is 3.38. The van der Waals surface area contributed by atoms with Gasteiger partial charge in [0.1, 0.15) is 5.82 Å².